The van der Waals surface area contributed by atoms with Crippen LogP contribution in [0.2, 0.25) is 0 Å². The van der Waals surface area contributed by atoms with Gasteiger partial charge in [-0.2, -0.15) is 0 Å². The molecule has 1 aliphatic carbocycles. The molecule has 226 valence electrons. The summed E-state index contributed by atoms with van der Waals surface area (Å²) in [7, 11) is 1.43. The third kappa shape index (κ3) is 7.64. The quantitative estimate of drug-likeness (QED) is 0.158. The number of nitrogens with zero attached hydrogens (tertiary/aromatic N) is 3. The summed E-state index contributed by atoms with van der Waals surface area (Å²) in [5.74, 6) is 1.47. The number of hydrogen-bond acceptors (Lipinski definition) is 4. The minimum atomic E-state index is -0.295. The molecule has 5 heteroatoms. The first-order valence-electron chi connectivity index (χ1n) is 16.1. The van der Waals surface area contributed by atoms with Crippen LogP contribution in [0.5, 0.6) is 0 Å². The van der Waals surface area contributed by atoms with Crippen LogP contribution in [0.15, 0.2) is 72.8 Å². The molecule has 0 bridgehead atoms. The molecular weight excluding hydrogens is 530 g/mol. The monoisotopic (exact) mass is 577 g/mol. The van der Waals surface area contributed by atoms with Crippen molar-refractivity contribution < 1.29 is 9.53 Å². The zero-order chi connectivity index (χ0) is 30.2. The lowest BCUT2D eigenvalue weighted by Gasteiger charge is -2.30. The summed E-state index contributed by atoms with van der Waals surface area (Å²) in [6, 6.07) is 25.4. The zero-order valence-corrected chi connectivity index (χ0v) is 26.4. The second-order valence-corrected chi connectivity index (χ2v) is 12.3. The molecule has 0 atom stereocenters. The Labute approximate surface area is 257 Å². The molecule has 1 aromatic heterocycles. The number of carbonyl (C=O) groups excluding carboxylic acids is 1. The molecule has 4 aromatic rings. The van der Waals surface area contributed by atoms with Gasteiger partial charge in [0.15, 0.2) is 0 Å². The molecule has 5 nitrogen and oxygen atoms in total. The second kappa shape index (κ2) is 14.7. The van der Waals surface area contributed by atoms with Gasteiger partial charge < -0.3 is 9.30 Å². The number of imidazole rings is 1. The van der Waals surface area contributed by atoms with Crippen LogP contribution < -0.4 is 0 Å². The van der Waals surface area contributed by atoms with Crippen molar-refractivity contribution in [3.05, 3.63) is 101 Å². The summed E-state index contributed by atoms with van der Waals surface area (Å²) in [5.41, 5.74) is 9.05. The zero-order valence-electron chi connectivity index (χ0n) is 26.4. The van der Waals surface area contributed by atoms with Crippen LogP contribution in [0.4, 0.5) is 0 Å². The molecule has 0 spiro atoms. The highest BCUT2D eigenvalue weighted by molar-refractivity contribution is 5.89. The summed E-state index contributed by atoms with van der Waals surface area (Å²) in [6.45, 7) is 10.2. The number of methoxy groups -OCH3 is 1. The van der Waals surface area contributed by atoms with Gasteiger partial charge in [-0.05, 0) is 62.3 Å². The average molecular weight is 578 g/mol. The Morgan fingerprint density at radius 1 is 0.930 bits per heavy atom. The van der Waals surface area contributed by atoms with Gasteiger partial charge in [0.25, 0.3) is 0 Å². The van der Waals surface area contributed by atoms with Crippen LogP contribution in [-0.2, 0) is 24.4 Å². The lowest BCUT2D eigenvalue weighted by atomic mass is 9.88. The van der Waals surface area contributed by atoms with E-state index in [-0.39, 0.29) is 5.97 Å². The lowest BCUT2D eigenvalue weighted by molar-refractivity contribution is 0.0600. The molecule has 1 fully saturated rings. The summed E-state index contributed by atoms with van der Waals surface area (Å²) >= 11 is 0. The van der Waals surface area contributed by atoms with Crippen molar-refractivity contribution in [3.63, 3.8) is 0 Å². The van der Waals surface area contributed by atoms with Crippen molar-refractivity contribution in [2.24, 2.45) is 5.92 Å². The highest BCUT2D eigenvalue weighted by atomic mass is 16.5. The summed E-state index contributed by atoms with van der Waals surface area (Å²) in [6.07, 6.45) is 8.83. The van der Waals surface area contributed by atoms with Crippen LogP contribution in [-0.4, -0.2) is 34.1 Å². The molecule has 0 N–H and O–H groups in total. The highest BCUT2D eigenvalue weighted by Gasteiger charge is 2.25. The Balaban J connectivity index is 1.58. The fraction of sp³-hybridized carbons (Fsp3) is 0.421. The standard InChI is InChI=1S/C38H47N3O2/c1-5-6-24-41-35(36(32-20-16-28(2)17-21-32)39-37(41)34-15-11-10-12-29(34)3)27-40(25-30-13-8-7-9-14-30)26-31-18-22-33(23-19-31)38(42)43-4/h10-12,15-23,30H,5-9,13-14,24-27H2,1-4H3. The van der Waals surface area contributed by atoms with Crippen molar-refractivity contribution in [2.75, 3.05) is 13.7 Å². The molecule has 43 heavy (non-hydrogen) atoms. The van der Waals surface area contributed by atoms with Gasteiger partial charge in [-0.3, -0.25) is 4.90 Å². The lowest BCUT2D eigenvalue weighted by Crippen LogP contribution is -2.31. The van der Waals surface area contributed by atoms with E-state index < -0.39 is 0 Å². The minimum absolute atomic E-state index is 0.295. The maximum Gasteiger partial charge on any atom is 0.337 e. The van der Waals surface area contributed by atoms with Gasteiger partial charge in [-0.1, -0.05) is 98.8 Å². The van der Waals surface area contributed by atoms with Crippen LogP contribution in [0.25, 0.3) is 22.6 Å². The Morgan fingerprint density at radius 3 is 2.33 bits per heavy atom. The molecule has 1 saturated carbocycles. The first-order valence-corrected chi connectivity index (χ1v) is 16.1. The average Bonchev–Trinajstić information content (AvgIpc) is 3.38. The Kier molecular flexibility index (Phi) is 10.5. The molecule has 0 unspecified atom stereocenters. The van der Waals surface area contributed by atoms with E-state index in [0.717, 1.165) is 50.5 Å². The molecule has 1 aliphatic rings. The van der Waals surface area contributed by atoms with Gasteiger partial charge in [0.1, 0.15) is 5.82 Å². The summed E-state index contributed by atoms with van der Waals surface area (Å²) in [4.78, 5) is 20.1. The smallest absolute Gasteiger partial charge is 0.337 e. The van der Waals surface area contributed by atoms with Crippen molar-refractivity contribution in [1.82, 2.24) is 14.5 Å². The van der Waals surface area contributed by atoms with E-state index in [1.165, 1.54) is 72.7 Å². The Morgan fingerprint density at radius 2 is 1.65 bits per heavy atom. The molecule has 5 rings (SSSR count). The van der Waals surface area contributed by atoms with Gasteiger partial charge in [-0.25, -0.2) is 9.78 Å². The van der Waals surface area contributed by atoms with Crippen molar-refractivity contribution in [3.8, 4) is 22.6 Å². The van der Waals surface area contributed by atoms with Gasteiger partial charge in [0.2, 0.25) is 0 Å². The first-order chi connectivity index (χ1) is 21.0. The second-order valence-electron chi connectivity index (χ2n) is 12.3. The molecule has 0 radical (unpaired) electrons. The minimum Gasteiger partial charge on any atom is -0.465 e. The van der Waals surface area contributed by atoms with E-state index in [1.54, 1.807) is 0 Å². The van der Waals surface area contributed by atoms with E-state index >= 15 is 0 Å². The molecular formula is C38H47N3O2. The van der Waals surface area contributed by atoms with Crippen molar-refractivity contribution in [1.29, 1.82) is 0 Å². The SMILES string of the molecule is CCCCn1c(-c2ccccc2C)nc(-c2ccc(C)cc2)c1CN(Cc1ccc(C(=O)OC)cc1)CC1CCCCC1. The third-order valence-electron chi connectivity index (χ3n) is 8.91. The number of carbonyl (C=O) groups is 1. The Bertz CT molecular complexity index is 1480. The van der Waals surface area contributed by atoms with Crippen LogP contribution in [0.3, 0.4) is 0 Å². The summed E-state index contributed by atoms with van der Waals surface area (Å²) < 4.78 is 7.44. The van der Waals surface area contributed by atoms with Gasteiger partial charge in [0.05, 0.1) is 24.1 Å². The molecule has 0 saturated heterocycles. The van der Waals surface area contributed by atoms with Crippen LogP contribution >= 0.6 is 0 Å². The molecule has 3 aromatic carbocycles. The number of aromatic nitrogens is 2. The van der Waals surface area contributed by atoms with E-state index in [1.807, 2.05) is 12.1 Å². The highest BCUT2D eigenvalue weighted by Crippen LogP contribution is 2.34. The van der Waals surface area contributed by atoms with E-state index in [9.17, 15) is 4.79 Å². The number of rotatable bonds is 12. The number of aryl methyl sites for hydroxylation is 2. The fourth-order valence-corrected chi connectivity index (χ4v) is 6.43. The number of ether oxygens (including phenoxy) is 1. The number of esters is 1. The van der Waals surface area contributed by atoms with Crippen LogP contribution in [0, 0.1) is 19.8 Å². The van der Waals surface area contributed by atoms with E-state index in [4.69, 9.17) is 9.72 Å². The van der Waals surface area contributed by atoms with Gasteiger partial charge in [-0.15, -0.1) is 0 Å². The van der Waals surface area contributed by atoms with Gasteiger partial charge in [0, 0.05) is 37.3 Å². The molecule has 0 aliphatic heterocycles. The Hall–Kier alpha value is -3.70. The number of unbranched alkanes of at least 4 members (excludes halogenated alkanes) is 1. The van der Waals surface area contributed by atoms with Crippen molar-refractivity contribution >= 4 is 5.97 Å². The normalized spacial score (nSPS) is 13.9. The third-order valence-corrected chi connectivity index (χ3v) is 8.91. The van der Waals surface area contributed by atoms with Crippen LogP contribution in [0.1, 0.15) is 84.6 Å². The summed E-state index contributed by atoms with van der Waals surface area (Å²) in [5, 5.41) is 0. The maximum atomic E-state index is 12.1. The van der Waals surface area contributed by atoms with Crippen molar-refractivity contribution in [2.45, 2.75) is 85.4 Å². The largest absolute Gasteiger partial charge is 0.465 e. The van der Waals surface area contributed by atoms with Gasteiger partial charge >= 0.3 is 5.97 Å². The topological polar surface area (TPSA) is 47.4 Å². The van der Waals surface area contributed by atoms with E-state index in [0.29, 0.717) is 11.5 Å². The number of benzene rings is 3. The fourth-order valence-electron chi connectivity index (χ4n) is 6.43. The maximum absolute atomic E-state index is 12.1. The molecule has 1 heterocycles. The number of hydrogen-bond donors (Lipinski definition) is 0. The molecule has 0 amide bonds. The van der Waals surface area contributed by atoms with E-state index in [2.05, 4.69) is 90.9 Å². The predicted octanol–water partition coefficient (Wildman–Crippen LogP) is 9.00. The first kappa shape index (κ1) is 30.7. The predicted molar refractivity (Wildman–Crippen MR) is 176 cm³/mol.